The van der Waals surface area contributed by atoms with Crippen molar-refractivity contribution >= 4 is 40.6 Å². The summed E-state index contributed by atoms with van der Waals surface area (Å²) in [6, 6.07) is 9.45. The average Bonchev–Trinajstić information content (AvgIpc) is 2.53. The lowest BCUT2D eigenvalue weighted by atomic mass is 10.2. The van der Waals surface area contributed by atoms with E-state index in [1.807, 2.05) is 0 Å². The summed E-state index contributed by atoms with van der Waals surface area (Å²) in [7, 11) is -3.33. The van der Waals surface area contributed by atoms with Crippen LogP contribution in [-0.4, -0.2) is 31.6 Å². The molecule has 27 heavy (non-hydrogen) atoms. The van der Waals surface area contributed by atoms with Gasteiger partial charge in [0.1, 0.15) is 5.75 Å². The van der Waals surface area contributed by atoms with Gasteiger partial charge in [0.25, 0.3) is 0 Å². The molecule has 0 radical (unpaired) electrons. The lowest BCUT2D eigenvalue weighted by molar-refractivity contribution is -0.121. The van der Waals surface area contributed by atoms with Gasteiger partial charge in [0.15, 0.2) is 9.84 Å². The Morgan fingerprint density at radius 2 is 1.96 bits per heavy atom. The number of aromatic nitrogens is 1. The third-order valence-corrected chi connectivity index (χ3v) is 4.39. The van der Waals surface area contributed by atoms with Gasteiger partial charge in [0.2, 0.25) is 11.8 Å². The fraction of sp³-hybridized carbons (Fsp3) is 0.294. The predicted molar refractivity (Wildman–Crippen MR) is 108 cm³/mol. The summed E-state index contributed by atoms with van der Waals surface area (Å²) in [5.74, 6) is 0.489. The number of nitrogens with one attached hydrogen (secondary N) is 1. The molecule has 0 aliphatic carbocycles. The first-order valence-electron chi connectivity index (χ1n) is 7.70. The molecule has 10 heteroatoms. The summed E-state index contributed by atoms with van der Waals surface area (Å²) >= 11 is 0. The second-order valence-electron chi connectivity index (χ2n) is 5.77. The summed E-state index contributed by atoms with van der Waals surface area (Å²) in [6.07, 6.45) is 2.92. The number of carbonyl (C=O) groups excluding carboxylic acids is 1. The van der Waals surface area contributed by atoms with E-state index in [4.69, 9.17) is 10.5 Å². The van der Waals surface area contributed by atoms with Gasteiger partial charge in [-0.2, -0.15) is 0 Å². The zero-order chi connectivity index (χ0) is 18.4. The Bertz CT molecular complexity index is 861. The third kappa shape index (κ3) is 8.13. The number of pyridine rings is 1. The van der Waals surface area contributed by atoms with E-state index >= 15 is 0 Å². The maximum absolute atomic E-state index is 11.7. The summed E-state index contributed by atoms with van der Waals surface area (Å²) in [6.45, 7) is 1.99. The van der Waals surface area contributed by atoms with Crippen LogP contribution in [0.3, 0.4) is 0 Å². The van der Waals surface area contributed by atoms with Crippen LogP contribution in [0.15, 0.2) is 47.5 Å². The molecule has 0 aliphatic rings. The Kier molecular flexibility index (Phi) is 10.3. The monoisotopic (exact) mass is 435 g/mol. The van der Waals surface area contributed by atoms with E-state index in [1.165, 1.54) is 12.1 Å². The van der Waals surface area contributed by atoms with E-state index < -0.39 is 9.84 Å². The Morgan fingerprint density at radius 1 is 1.26 bits per heavy atom. The molecule has 1 amide bonds. The van der Waals surface area contributed by atoms with Gasteiger partial charge in [0.05, 0.1) is 4.90 Å². The van der Waals surface area contributed by atoms with Crippen molar-refractivity contribution < 1.29 is 17.9 Å². The molecule has 3 N–H and O–H groups in total. The number of carbonyl (C=O) groups is 1. The van der Waals surface area contributed by atoms with Gasteiger partial charge < -0.3 is 15.8 Å². The lowest BCUT2D eigenvalue weighted by Gasteiger charge is -2.12. The van der Waals surface area contributed by atoms with Crippen molar-refractivity contribution in [2.24, 2.45) is 5.73 Å². The molecular weight excluding hydrogens is 413 g/mol. The zero-order valence-electron chi connectivity index (χ0n) is 14.9. The van der Waals surface area contributed by atoms with Crippen LogP contribution in [0.2, 0.25) is 0 Å². The van der Waals surface area contributed by atoms with Crippen LogP contribution in [0, 0.1) is 0 Å². The SMILES string of the molecule is CC(N)CC(=O)NCc1cccnc1Oc1cccc(S(C)(=O)=O)c1.Cl.Cl. The number of hydrogen-bond donors (Lipinski definition) is 2. The number of ether oxygens (including phenoxy) is 1. The standard InChI is InChI=1S/C17H21N3O4S.2ClH/c1-12(18)9-16(21)20-11-13-5-4-8-19-17(13)24-14-6-3-7-15(10-14)25(2,22)23;;/h3-8,10,12H,9,11,18H2,1-2H3,(H,20,21);2*1H. The van der Waals surface area contributed by atoms with E-state index in [0.29, 0.717) is 17.2 Å². The average molecular weight is 436 g/mol. The predicted octanol–water partition coefficient (Wildman–Crippen LogP) is 2.47. The van der Waals surface area contributed by atoms with Crippen LogP contribution in [-0.2, 0) is 21.2 Å². The Hall–Kier alpha value is -1.87. The summed E-state index contributed by atoms with van der Waals surface area (Å²) < 4.78 is 29.0. The maximum Gasteiger partial charge on any atom is 0.224 e. The van der Waals surface area contributed by atoms with Gasteiger partial charge >= 0.3 is 0 Å². The minimum Gasteiger partial charge on any atom is -0.439 e. The number of rotatable bonds is 7. The minimum atomic E-state index is -3.33. The molecule has 1 aromatic carbocycles. The largest absolute Gasteiger partial charge is 0.439 e. The highest BCUT2D eigenvalue weighted by Gasteiger charge is 2.12. The molecule has 2 rings (SSSR count). The van der Waals surface area contributed by atoms with Crippen molar-refractivity contribution in [3.05, 3.63) is 48.2 Å². The van der Waals surface area contributed by atoms with Crippen LogP contribution < -0.4 is 15.8 Å². The molecule has 1 atom stereocenters. The Morgan fingerprint density at radius 3 is 2.59 bits per heavy atom. The molecule has 2 aromatic rings. The van der Waals surface area contributed by atoms with Gasteiger partial charge in [-0.3, -0.25) is 4.79 Å². The zero-order valence-corrected chi connectivity index (χ0v) is 17.4. The first-order chi connectivity index (χ1) is 11.8. The van der Waals surface area contributed by atoms with Crippen molar-refractivity contribution in [1.29, 1.82) is 0 Å². The number of sulfone groups is 1. The van der Waals surface area contributed by atoms with Gasteiger partial charge in [-0.1, -0.05) is 12.1 Å². The molecule has 7 nitrogen and oxygen atoms in total. The van der Waals surface area contributed by atoms with Crippen molar-refractivity contribution in [2.75, 3.05) is 6.26 Å². The van der Waals surface area contributed by atoms with Crippen LogP contribution in [0.25, 0.3) is 0 Å². The summed E-state index contributed by atoms with van der Waals surface area (Å²) in [5.41, 5.74) is 6.27. The molecule has 1 heterocycles. The molecule has 1 aromatic heterocycles. The fourth-order valence-corrected chi connectivity index (χ4v) is 2.74. The van der Waals surface area contributed by atoms with E-state index in [1.54, 1.807) is 37.4 Å². The molecule has 150 valence electrons. The van der Waals surface area contributed by atoms with Crippen LogP contribution >= 0.6 is 24.8 Å². The highest BCUT2D eigenvalue weighted by Crippen LogP contribution is 2.25. The number of nitrogens with two attached hydrogens (primary N) is 1. The van der Waals surface area contributed by atoms with Gasteiger partial charge in [-0.15, -0.1) is 24.8 Å². The highest BCUT2D eigenvalue weighted by molar-refractivity contribution is 7.90. The normalized spacial score (nSPS) is 11.5. The number of hydrogen-bond acceptors (Lipinski definition) is 6. The summed E-state index contributed by atoms with van der Waals surface area (Å²) in [4.78, 5) is 16.0. The first-order valence-corrected chi connectivity index (χ1v) is 9.59. The third-order valence-electron chi connectivity index (χ3n) is 3.28. The summed E-state index contributed by atoms with van der Waals surface area (Å²) in [5, 5.41) is 2.76. The van der Waals surface area contributed by atoms with Crippen molar-refractivity contribution in [3.8, 4) is 11.6 Å². The molecule has 0 aliphatic heterocycles. The molecule has 0 saturated heterocycles. The lowest BCUT2D eigenvalue weighted by Crippen LogP contribution is -2.29. The maximum atomic E-state index is 11.7. The second kappa shape index (κ2) is 11.1. The molecule has 0 spiro atoms. The Labute approximate surface area is 171 Å². The van der Waals surface area contributed by atoms with Crippen LogP contribution in [0.4, 0.5) is 0 Å². The van der Waals surface area contributed by atoms with E-state index in [9.17, 15) is 13.2 Å². The van der Waals surface area contributed by atoms with E-state index in [-0.39, 0.29) is 54.6 Å². The molecule has 0 bridgehead atoms. The smallest absolute Gasteiger partial charge is 0.224 e. The van der Waals surface area contributed by atoms with Crippen molar-refractivity contribution in [3.63, 3.8) is 0 Å². The molecule has 0 saturated carbocycles. The molecule has 0 fully saturated rings. The Balaban J connectivity index is 0.00000338. The molecule has 1 unspecified atom stereocenters. The van der Waals surface area contributed by atoms with E-state index in [2.05, 4.69) is 10.3 Å². The van der Waals surface area contributed by atoms with Crippen LogP contribution in [0.5, 0.6) is 11.6 Å². The number of benzene rings is 1. The van der Waals surface area contributed by atoms with Gasteiger partial charge in [-0.05, 0) is 31.2 Å². The second-order valence-corrected chi connectivity index (χ2v) is 7.79. The topological polar surface area (TPSA) is 111 Å². The van der Waals surface area contributed by atoms with Crippen molar-refractivity contribution in [1.82, 2.24) is 10.3 Å². The molecular formula is C17H23Cl2N3O4S. The quantitative estimate of drug-likeness (QED) is 0.690. The number of halogens is 2. The minimum absolute atomic E-state index is 0. The van der Waals surface area contributed by atoms with E-state index in [0.717, 1.165) is 6.26 Å². The fourth-order valence-electron chi connectivity index (χ4n) is 2.09. The highest BCUT2D eigenvalue weighted by atomic mass is 35.5. The van der Waals surface area contributed by atoms with Gasteiger partial charge in [0, 0.05) is 37.0 Å². The first kappa shape index (κ1) is 25.1. The van der Waals surface area contributed by atoms with Crippen molar-refractivity contribution in [2.45, 2.75) is 30.8 Å². The van der Waals surface area contributed by atoms with Gasteiger partial charge in [-0.25, -0.2) is 13.4 Å². The number of amides is 1. The number of nitrogens with zero attached hydrogens (tertiary/aromatic N) is 1. The van der Waals surface area contributed by atoms with Crippen LogP contribution in [0.1, 0.15) is 18.9 Å².